The lowest BCUT2D eigenvalue weighted by molar-refractivity contribution is -0.870. The van der Waals surface area contributed by atoms with Crippen LogP contribution in [0.25, 0.3) is 0 Å². The molecule has 52 heavy (non-hydrogen) atoms. The highest BCUT2D eigenvalue weighted by Gasteiger charge is 2.27. The van der Waals surface area contributed by atoms with Gasteiger partial charge in [-0.2, -0.15) is 0 Å². The highest BCUT2D eigenvalue weighted by Crippen LogP contribution is 2.43. The third-order valence-electron chi connectivity index (χ3n) is 9.30. The Morgan fingerprint density at radius 2 is 1.00 bits per heavy atom. The molecule has 0 aromatic heterocycles. The minimum atomic E-state index is -4.37. The van der Waals surface area contributed by atoms with Crippen LogP contribution in [0.4, 0.5) is 0 Å². The van der Waals surface area contributed by atoms with Crippen LogP contribution in [-0.4, -0.2) is 74.9 Å². The number of esters is 2. The number of ether oxygens (including phenoxy) is 2. The van der Waals surface area contributed by atoms with Gasteiger partial charge in [0.25, 0.3) is 0 Å². The number of allylic oxidation sites excluding steroid dienone is 2. The van der Waals surface area contributed by atoms with E-state index in [9.17, 15) is 19.0 Å². The number of phosphoric acid groups is 1. The molecule has 0 aromatic carbocycles. The predicted molar refractivity (Wildman–Crippen MR) is 215 cm³/mol. The highest BCUT2D eigenvalue weighted by molar-refractivity contribution is 7.47. The molecule has 0 rings (SSSR count). The number of unbranched alkanes of at least 4 members (excludes halogenated alkanes) is 23. The molecule has 0 aromatic rings. The van der Waals surface area contributed by atoms with Crippen LogP contribution in [0.3, 0.4) is 0 Å². The minimum Gasteiger partial charge on any atom is -0.462 e. The molecule has 2 atom stereocenters. The van der Waals surface area contributed by atoms with Gasteiger partial charge in [0.2, 0.25) is 0 Å². The molecular formula is C42H83NO8P+. The van der Waals surface area contributed by atoms with E-state index in [-0.39, 0.29) is 25.6 Å². The first-order chi connectivity index (χ1) is 25.0. The molecule has 0 bridgehead atoms. The summed E-state index contributed by atoms with van der Waals surface area (Å²) in [4.78, 5) is 35.2. The first-order valence-corrected chi connectivity index (χ1v) is 22.9. The lowest BCUT2D eigenvalue weighted by Crippen LogP contribution is -2.37. The molecule has 0 saturated carbocycles. The number of hydrogen-bond donors (Lipinski definition) is 1. The fraction of sp³-hybridized carbons (Fsp3) is 0.905. The molecule has 0 aliphatic rings. The third-order valence-corrected chi connectivity index (χ3v) is 10.3. The zero-order chi connectivity index (χ0) is 38.6. The van der Waals surface area contributed by atoms with Gasteiger partial charge >= 0.3 is 19.8 Å². The van der Waals surface area contributed by atoms with Crippen LogP contribution < -0.4 is 0 Å². The lowest BCUT2D eigenvalue weighted by Gasteiger charge is -2.24. The van der Waals surface area contributed by atoms with Crippen LogP contribution in [-0.2, 0) is 32.7 Å². The van der Waals surface area contributed by atoms with Crippen LogP contribution in [0.15, 0.2) is 12.2 Å². The summed E-state index contributed by atoms with van der Waals surface area (Å²) in [5.41, 5.74) is 0. The van der Waals surface area contributed by atoms with E-state index < -0.39 is 26.5 Å². The van der Waals surface area contributed by atoms with Gasteiger partial charge in [0.05, 0.1) is 27.7 Å². The molecule has 0 spiro atoms. The molecule has 2 unspecified atom stereocenters. The number of hydrogen-bond acceptors (Lipinski definition) is 7. The Bertz CT molecular complexity index is 907. The summed E-state index contributed by atoms with van der Waals surface area (Å²) < 4.78 is 34.2. The van der Waals surface area contributed by atoms with Crippen LogP contribution in [0, 0.1) is 0 Å². The molecule has 0 aliphatic carbocycles. The quantitative estimate of drug-likeness (QED) is 0.0217. The number of carbonyl (C=O) groups excluding carboxylic acids is 2. The summed E-state index contributed by atoms with van der Waals surface area (Å²) >= 11 is 0. The summed E-state index contributed by atoms with van der Waals surface area (Å²) in [6.07, 6.45) is 35.4. The first kappa shape index (κ1) is 50.8. The number of carbonyl (C=O) groups is 2. The van der Waals surface area contributed by atoms with Crippen molar-refractivity contribution in [3.63, 3.8) is 0 Å². The predicted octanol–water partition coefficient (Wildman–Crippen LogP) is 11.8. The zero-order valence-corrected chi connectivity index (χ0v) is 35.5. The standard InChI is InChI=1S/C42H82NO8P/c1-6-8-10-12-14-16-18-19-20-21-22-23-25-26-28-30-32-34-41(44)48-38-40(39-50-52(46,47)49-37-36-43(3,4)5)51-42(45)35-33-31-29-27-24-17-15-13-11-9-7-2/h13,15,40H,6-12,14,16-39H2,1-5H3/p+1/b15-13-. The summed E-state index contributed by atoms with van der Waals surface area (Å²) in [5.74, 6) is -0.802. The maximum atomic E-state index is 12.6. The van der Waals surface area contributed by atoms with E-state index in [1.54, 1.807) is 0 Å². The normalized spacial score (nSPS) is 13.7. The Morgan fingerprint density at radius 3 is 1.48 bits per heavy atom. The Morgan fingerprint density at radius 1 is 0.577 bits per heavy atom. The summed E-state index contributed by atoms with van der Waals surface area (Å²) in [6.45, 7) is 4.39. The first-order valence-electron chi connectivity index (χ1n) is 21.4. The van der Waals surface area contributed by atoms with Gasteiger partial charge in [-0.1, -0.05) is 161 Å². The number of likely N-dealkylation sites (N-methyl/N-ethyl adjacent to an activating group) is 1. The van der Waals surface area contributed by atoms with Gasteiger partial charge < -0.3 is 18.9 Å². The number of rotatable bonds is 39. The molecule has 9 nitrogen and oxygen atoms in total. The summed E-state index contributed by atoms with van der Waals surface area (Å²) in [7, 11) is 1.48. The summed E-state index contributed by atoms with van der Waals surface area (Å²) in [6, 6.07) is 0. The molecule has 0 fully saturated rings. The van der Waals surface area contributed by atoms with Gasteiger partial charge in [0, 0.05) is 12.8 Å². The SMILES string of the molecule is CCCC/C=C\CCCCCCCC(=O)OC(COC(=O)CCCCCCCCCCCCCCCCCCC)COP(=O)(O)OCC[N+](C)(C)C. The van der Waals surface area contributed by atoms with E-state index in [1.807, 2.05) is 21.1 Å². The molecular weight excluding hydrogens is 677 g/mol. The molecule has 0 heterocycles. The fourth-order valence-electron chi connectivity index (χ4n) is 5.88. The van der Waals surface area contributed by atoms with Gasteiger partial charge in [0.1, 0.15) is 19.8 Å². The second kappa shape index (κ2) is 35.5. The van der Waals surface area contributed by atoms with Gasteiger partial charge in [-0.15, -0.1) is 0 Å². The van der Waals surface area contributed by atoms with Gasteiger partial charge in [-0.05, 0) is 32.1 Å². The Kier molecular flexibility index (Phi) is 34.6. The number of nitrogens with zero attached hydrogens (tertiary/aromatic N) is 1. The van der Waals surface area contributed by atoms with Crippen molar-refractivity contribution in [3.8, 4) is 0 Å². The van der Waals surface area contributed by atoms with E-state index in [0.717, 1.165) is 57.8 Å². The largest absolute Gasteiger partial charge is 0.472 e. The molecule has 10 heteroatoms. The van der Waals surface area contributed by atoms with E-state index in [1.165, 1.54) is 103 Å². The van der Waals surface area contributed by atoms with E-state index >= 15 is 0 Å². The highest BCUT2D eigenvalue weighted by atomic mass is 31.2. The molecule has 0 amide bonds. The van der Waals surface area contributed by atoms with E-state index in [0.29, 0.717) is 23.9 Å². The summed E-state index contributed by atoms with van der Waals surface area (Å²) in [5, 5.41) is 0. The van der Waals surface area contributed by atoms with Crippen LogP contribution in [0.1, 0.15) is 194 Å². The van der Waals surface area contributed by atoms with Crippen molar-refractivity contribution in [3.05, 3.63) is 12.2 Å². The maximum Gasteiger partial charge on any atom is 0.472 e. The van der Waals surface area contributed by atoms with Gasteiger partial charge in [-0.3, -0.25) is 18.6 Å². The van der Waals surface area contributed by atoms with E-state index in [2.05, 4.69) is 26.0 Å². The number of quaternary nitrogens is 1. The second-order valence-electron chi connectivity index (χ2n) is 15.7. The van der Waals surface area contributed by atoms with Crippen molar-refractivity contribution in [2.45, 2.75) is 200 Å². The van der Waals surface area contributed by atoms with Gasteiger partial charge in [-0.25, -0.2) is 4.57 Å². The molecule has 1 N–H and O–H groups in total. The molecule has 0 radical (unpaired) electrons. The maximum absolute atomic E-state index is 12.6. The Labute approximate surface area is 320 Å². The Balaban J connectivity index is 4.30. The average Bonchev–Trinajstić information content (AvgIpc) is 3.09. The monoisotopic (exact) mass is 761 g/mol. The van der Waals surface area contributed by atoms with Crippen molar-refractivity contribution >= 4 is 19.8 Å². The fourth-order valence-corrected chi connectivity index (χ4v) is 6.62. The minimum absolute atomic E-state index is 0.0330. The zero-order valence-electron chi connectivity index (χ0n) is 34.6. The van der Waals surface area contributed by atoms with Gasteiger partial charge in [0.15, 0.2) is 6.10 Å². The topological polar surface area (TPSA) is 108 Å². The molecule has 0 aliphatic heterocycles. The van der Waals surface area contributed by atoms with Crippen molar-refractivity contribution in [2.75, 3.05) is 47.5 Å². The molecule has 308 valence electrons. The second-order valence-corrected chi connectivity index (χ2v) is 17.2. The van der Waals surface area contributed by atoms with Crippen LogP contribution in [0.2, 0.25) is 0 Å². The third kappa shape index (κ3) is 38.5. The molecule has 0 saturated heterocycles. The van der Waals surface area contributed by atoms with E-state index in [4.69, 9.17) is 18.5 Å². The van der Waals surface area contributed by atoms with Crippen molar-refractivity contribution in [2.24, 2.45) is 0 Å². The number of phosphoric ester groups is 1. The van der Waals surface area contributed by atoms with Crippen molar-refractivity contribution in [1.82, 2.24) is 0 Å². The average molecular weight is 761 g/mol. The van der Waals surface area contributed by atoms with Crippen LogP contribution >= 0.6 is 7.82 Å². The van der Waals surface area contributed by atoms with Crippen molar-refractivity contribution < 1.29 is 42.1 Å². The smallest absolute Gasteiger partial charge is 0.462 e. The van der Waals surface area contributed by atoms with Crippen molar-refractivity contribution in [1.29, 1.82) is 0 Å². The Hall–Kier alpha value is -1.25. The van der Waals surface area contributed by atoms with Crippen LogP contribution in [0.5, 0.6) is 0 Å². The lowest BCUT2D eigenvalue weighted by atomic mass is 10.0.